The lowest BCUT2D eigenvalue weighted by atomic mass is 10.0. The number of ether oxygens (including phenoxy) is 2. The number of methoxy groups -OCH3 is 2. The summed E-state index contributed by atoms with van der Waals surface area (Å²) in [6.07, 6.45) is 1.84. The van der Waals surface area contributed by atoms with Crippen LogP contribution in [0.2, 0.25) is 5.02 Å². The van der Waals surface area contributed by atoms with Crippen molar-refractivity contribution < 1.29 is 27.5 Å². The third-order valence-corrected chi connectivity index (χ3v) is 10.1. The molecule has 48 heavy (non-hydrogen) atoms. The van der Waals surface area contributed by atoms with E-state index in [1.165, 1.54) is 37.3 Å². The summed E-state index contributed by atoms with van der Waals surface area (Å²) in [7, 11) is -1.45. The second-order valence-electron chi connectivity index (χ2n) is 11.3. The van der Waals surface area contributed by atoms with Crippen LogP contribution in [0.5, 0.6) is 11.5 Å². The molecule has 2 amide bonds. The van der Waals surface area contributed by atoms with Crippen LogP contribution in [0, 0.1) is 6.92 Å². The molecule has 9 nitrogen and oxygen atoms in total. The number of nitrogens with one attached hydrogen (secondary N) is 1. The number of hydrogen-bond donors (Lipinski definition) is 1. The van der Waals surface area contributed by atoms with Crippen molar-refractivity contribution in [3.63, 3.8) is 0 Å². The van der Waals surface area contributed by atoms with Gasteiger partial charge in [0.25, 0.3) is 10.0 Å². The number of halogens is 1. The minimum atomic E-state index is -4.34. The highest BCUT2D eigenvalue weighted by Gasteiger charge is 2.36. The van der Waals surface area contributed by atoms with Crippen LogP contribution in [-0.4, -0.2) is 58.5 Å². The summed E-state index contributed by atoms with van der Waals surface area (Å²) >= 11 is 6.58. The third-order valence-electron chi connectivity index (χ3n) is 7.94. The quantitative estimate of drug-likeness (QED) is 0.136. The number of carbonyl (C=O) groups excluding carboxylic acids is 2. The number of benzene rings is 4. The van der Waals surface area contributed by atoms with Crippen LogP contribution in [-0.2, 0) is 32.6 Å². The van der Waals surface area contributed by atoms with Crippen LogP contribution in [0.1, 0.15) is 36.5 Å². The van der Waals surface area contributed by atoms with E-state index >= 15 is 0 Å². The van der Waals surface area contributed by atoms with Crippen molar-refractivity contribution in [1.82, 2.24) is 10.2 Å². The fraction of sp³-hybridized carbons (Fsp3) is 0.297. The topological polar surface area (TPSA) is 105 Å². The van der Waals surface area contributed by atoms with Crippen LogP contribution < -0.4 is 19.1 Å². The van der Waals surface area contributed by atoms with E-state index in [0.29, 0.717) is 22.9 Å². The zero-order valence-electron chi connectivity index (χ0n) is 27.7. The third kappa shape index (κ3) is 9.08. The number of nitrogens with zero attached hydrogens (tertiary/aromatic N) is 2. The first-order valence-corrected chi connectivity index (χ1v) is 17.6. The zero-order valence-corrected chi connectivity index (χ0v) is 29.3. The molecule has 0 heterocycles. The van der Waals surface area contributed by atoms with Crippen molar-refractivity contribution >= 4 is 39.1 Å². The molecule has 0 bridgehead atoms. The Bertz CT molecular complexity index is 1780. The van der Waals surface area contributed by atoms with Gasteiger partial charge in [-0.3, -0.25) is 13.9 Å². The average molecular weight is 692 g/mol. The van der Waals surface area contributed by atoms with Gasteiger partial charge in [0.05, 0.1) is 24.8 Å². The molecule has 4 aromatic carbocycles. The number of anilines is 1. The monoisotopic (exact) mass is 691 g/mol. The molecule has 0 saturated heterocycles. The molecule has 0 aliphatic heterocycles. The smallest absolute Gasteiger partial charge is 0.264 e. The fourth-order valence-electron chi connectivity index (χ4n) is 5.21. The van der Waals surface area contributed by atoms with Crippen LogP contribution in [0.3, 0.4) is 0 Å². The van der Waals surface area contributed by atoms with E-state index in [1.807, 2.05) is 44.2 Å². The van der Waals surface area contributed by atoms with E-state index in [-0.39, 0.29) is 35.2 Å². The predicted octanol–water partition coefficient (Wildman–Crippen LogP) is 6.42. The number of amides is 2. The molecular weight excluding hydrogens is 650 g/mol. The van der Waals surface area contributed by atoms with Crippen LogP contribution >= 0.6 is 11.6 Å². The maximum Gasteiger partial charge on any atom is 0.264 e. The van der Waals surface area contributed by atoms with Crippen LogP contribution in [0.15, 0.2) is 102 Å². The first-order chi connectivity index (χ1) is 23.1. The summed E-state index contributed by atoms with van der Waals surface area (Å²) in [4.78, 5) is 30.1. The molecule has 0 radical (unpaired) electrons. The molecule has 1 N–H and O–H groups in total. The van der Waals surface area contributed by atoms with E-state index in [2.05, 4.69) is 5.32 Å². The molecule has 0 fully saturated rings. The molecule has 11 heteroatoms. The SMILES string of the molecule is CCCCNC(=O)[C@@H](Cc1ccccc1)N(Cc1ccccc1Cl)C(=O)CN(c1cc(OC)ccc1OC)S(=O)(=O)c1ccc(C)cc1. The summed E-state index contributed by atoms with van der Waals surface area (Å²) in [6, 6.07) is 26.6. The van der Waals surface area contributed by atoms with Gasteiger partial charge in [-0.15, -0.1) is 0 Å². The molecule has 4 aromatic rings. The van der Waals surface area contributed by atoms with E-state index in [0.717, 1.165) is 28.3 Å². The van der Waals surface area contributed by atoms with Gasteiger partial charge < -0.3 is 19.7 Å². The lowest BCUT2D eigenvalue weighted by Gasteiger charge is -2.34. The summed E-state index contributed by atoms with van der Waals surface area (Å²) in [5.41, 5.74) is 2.43. The molecule has 0 aliphatic rings. The number of hydrogen-bond acceptors (Lipinski definition) is 6. The zero-order chi connectivity index (χ0) is 34.7. The van der Waals surface area contributed by atoms with E-state index in [1.54, 1.807) is 48.5 Å². The number of carbonyl (C=O) groups is 2. The van der Waals surface area contributed by atoms with Gasteiger partial charge in [-0.2, -0.15) is 0 Å². The number of sulfonamides is 1. The van der Waals surface area contributed by atoms with Gasteiger partial charge in [-0.25, -0.2) is 8.42 Å². The summed E-state index contributed by atoms with van der Waals surface area (Å²) in [5.74, 6) is -0.371. The maximum absolute atomic E-state index is 14.7. The molecule has 1 atom stereocenters. The minimum Gasteiger partial charge on any atom is -0.497 e. The van der Waals surface area contributed by atoms with Gasteiger partial charge in [0, 0.05) is 30.6 Å². The minimum absolute atomic E-state index is 0.0124. The highest BCUT2D eigenvalue weighted by atomic mass is 35.5. The van der Waals surface area contributed by atoms with E-state index < -0.39 is 28.5 Å². The summed E-state index contributed by atoms with van der Waals surface area (Å²) in [6.45, 7) is 3.64. The maximum atomic E-state index is 14.7. The van der Waals surface area contributed by atoms with Crippen molar-refractivity contribution in [2.45, 2.75) is 50.6 Å². The first-order valence-electron chi connectivity index (χ1n) is 15.7. The Kier molecular flexibility index (Phi) is 12.9. The lowest BCUT2D eigenvalue weighted by Crippen LogP contribution is -2.53. The Morgan fingerprint density at radius 3 is 2.23 bits per heavy atom. The Morgan fingerprint density at radius 2 is 1.58 bits per heavy atom. The number of aryl methyl sites for hydroxylation is 1. The predicted molar refractivity (Wildman–Crippen MR) is 189 cm³/mol. The van der Waals surface area contributed by atoms with Gasteiger partial charge in [-0.05, 0) is 54.8 Å². The molecule has 0 spiro atoms. The molecule has 254 valence electrons. The molecule has 0 saturated carbocycles. The van der Waals surface area contributed by atoms with Crippen LogP contribution in [0.25, 0.3) is 0 Å². The average Bonchev–Trinajstić information content (AvgIpc) is 3.09. The fourth-order valence-corrected chi connectivity index (χ4v) is 6.82. The Morgan fingerprint density at radius 1 is 0.896 bits per heavy atom. The Hall–Kier alpha value is -4.54. The Balaban J connectivity index is 1.86. The number of rotatable bonds is 16. The standard InChI is InChI=1S/C37H42ClN3O6S/c1-5-6-22-39-37(43)34(23-28-12-8-7-9-13-28)40(25-29-14-10-11-15-32(29)38)36(42)26-41(33-24-30(46-3)18-21-35(33)47-4)48(44,45)31-19-16-27(2)17-20-31/h7-21,24,34H,5-6,22-23,25-26H2,1-4H3,(H,39,43)/t34-/m1/s1. The van der Waals surface area contributed by atoms with E-state index in [4.69, 9.17) is 21.1 Å². The molecule has 4 rings (SSSR count). The second-order valence-corrected chi connectivity index (χ2v) is 13.6. The molecular formula is C37H42ClN3O6S. The highest BCUT2D eigenvalue weighted by Crippen LogP contribution is 2.36. The normalized spacial score (nSPS) is 11.8. The summed E-state index contributed by atoms with van der Waals surface area (Å²) < 4.78 is 40.8. The van der Waals surface area contributed by atoms with Crippen molar-refractivity contribution in [3.05, 3.63) is 119 Å². The van der Waals surface area contributed by atoms with Crippen LogP contribution in [0.4, 0.5) is 5.69 Å². The van der Waals surface area contributed by atoms with Crippen molar-refractivity contribution in [2.75, 3.05) is 31.6 Å². The molecule has 0 aromatic heterocycles. The van der Waals surface area contributed by atoms with Gasteiger partial charge >= 0.3 is 0 Å². The van der Waals surface area contributed by atoms with Gasteiger partial charge in [0.15, 0.2) is 0 Å². The molecule has 0 unspecified atom stereocenters. The van der Waals surface area contributed by atoms with Gasteiger partial charge in [0.1, 0.15) is 24.1 Å². The van der Waals surface area contributed by atoms with Gasteiger partial charge in [-0.1, -0.05) is 91.2 Å². The van der Waals surface area contributed by atoms with Gasteiger partial charge in [0.2, 0.25) is 11.8 Å². The second kappa shape index (κ2) is 17.0. The van der Waals surface area contributed by atoms with Crippen molar-refractivity contribution in [1.29, 1.82) is 0 Å². The Labute approximate surface area is 288 Å². The highest BCUT2D eigenvalue weighted by molar-refractivity contribution is 7.92. The van der Waals surface area contributed by atoms with Crippen molar-refractivity contribution in [2.24, 2.45) is 0 Å². The van der Waals surface area contributed by atoms with E-state index in [9.17, 15) is 18.0 Å². The summed E-state index contributed by atoms with van der Waals surface area (Å²) in [5, 5.41) is 3.40. The first kappa shape index (κ1) is 36.3. The lowest BCUT2D eigenvalue weighted by molar-refractivity contribution is -0.140. The largest absolute Gasteiger partial charge is 0.497 e. The van der Waals surface area contributed by atoms with Crippen molar-refractivity contribution in [3.8, 4) is 11.5 Å². The molecule has 0 aliphatic carbocycles. The number of unbranched alkanes of at least 4 members (excludes halogenated alkanes) is 1.